The lowest BCUT2D eigenvalue weighted by atomic mass is 10.0. The summed E-state index contributed by atoms with van der Waals surface area (Å²) in [5, 5.41) is 7.79. The highest BCUT2D eigenvalue weighted by molar-refractivity contribution is 5.12. The third kappa shape index (κ3) is 3.64. The maximum absolute atomic E-state index is 4.40. The van der Waals surface area contributed by atoms with Gasteiger partial charge in [-0.1, -0.05) is 6.92 Å². The Labute approximate surface area is 114 Å². The van der Waals surface area contributed by atoms with E-state index in [0.29, 0.717) is 6.04 Å². The summed E-state index contributed by atoms with van der Waals surface area (Å²) in [5.74, 6) is 0. The van der Waals surface area contributed by atoms with Gasteiger partial charge < -0.3 is 5.32 Å². The minimum Gasteiger partial charge on any atom is -0.312 e. The van der Waals surface area contributed by atoms with Gasteiger partial charge in [-0.15, -0.1) is 0 Å². The van der Waals surface area contributed by atoms with Crippen molar-refractivity contribution >= 4 is 0 Å². The first-order valence-electron chi connectivity index (χ1n) is 6.93. The van der Waals surface area contributed by atoms with Gasteiger partial charge in [-0.25, -0.2) is 0 Å². The van der Waals surface area contributed by atoms with Crippen LogP contribution in [-0.2, 0) is 13.0 Å². The predicted molar refractivity (Wildman–Crippen MR) is 76.9 cm³/mol. The van der Waals surface area contributed by atoms with E-state index in [1.54, 1.807) is 0 Å². The lowest BCUT2D eigenvalue weighted by Crippen LogP contribution is -2.21. The molecule has 0 saturated heterocycles. The molecule has 0 aliphatic heterocycles. The largest absolute Gasteiger partial charge is 0.312 e. The van der Waals surface area contributed by atoms with Gasteiger partial charge in [-0.2, -0.15) is 5.10 Å². The molecule has 2 rings (SSSR count). The van der Waals surface area contributed by atoms with E-state index in [0.717, 1.165) is 25.8 Å². The summed E-state index contributed by atoms with van der Waals surface area (Å²) in [7, 11) is 2.01. The number of rotatable bonds is 7. The summed E-state index contributed by atoms with van der Waals surface area (Å²) < 4.78 is 2.10. The highest BCUT2D eigenvalue weighted by Gasteiger charge is 2.13. The number of aryl methyl sites for hydroxylation is 2. The van der Waals surface area contributed by atoms with Crippen LogP contribution in [0.5, 0.6) is 0 Å². The zero-order chi connectivity index (χ0) is 13.5. The normalized spacial score (nSPS) is 12.5. The molecule has 2 heterocycles. The fourth-order valence-electron chi connectivity index (χ4n) is 2.34. The highest BCUT2D eigenvalue weighted by atomic mass is 15.3. The number of nitrogens with zero attached hydrogens (tertiary/aromatic N) is 3. The molecule has 0 spiro atoms. The van der Waals surface area contributed by atoms with E-state index in [4.69, 9.17) is 0 Å². The summed E-state index contributed by atoms with van der Waals surface area (Å²) in [6.45, 7) is 3.16. The van der Waals surface area contributed by atoms with Gasteiger partial charge in [0, 0.05) is 31.2 Å². The van der Waals surface area contributed by atoms with Crippen LogP contribution in [0, 0.1) is 0 Å². The lowest BCUT2D eigenvalue weighted by molar-refractivity contribution is 0.476. The van der Waals surface area contributed by atoms with Crippen molar-refractivity contribution in [1.29, 1.82) is 0 Å². The molecule has 0 aromatic carbocycles. The Balaban J connectivity index is 2.01. The first-order valence-corrected chi connectivity index (χ1v) is 6.93. The summed E-state index contributed by atoms with van der Waals surface area (Å²) in [4.78, 5) is 4.05. The molecule has 0 amide bonds. The molecule has 1 N–H and O–H groups in total. The number of pyridine rings is 1. The monoisotopic (exact) mass is 258 g/mol. The van der Waals surface area contributed by atoms with Gasteiger partial charge in [0.25, 0.3) is 0 Å². The van der Waals surface area contributed by atoms with Crippen molar-refractivity contribution in [2.45, 2.75) is 38.8 Å². The van der Waals surface area contributed by atoms with Gasteiger partial charge in [0.15, 0.2) is 0 Å². The Morgan fingerprint density at radius 3 is 2.68 bits per heavy atom. The average Bonchev–Trinajstić information content (AvgIpc) is 2.90. The molecule has 0 aliphatic rings. The van der Waals surface area contributed by atoms with Crippen LogP contribution in [0.25, 0.3) is 0 Å². The van der Waals surface area contributed by atoms with Crippen molar-refractivity contribution in [1.82, 2.24) is 20.1 Å². The van der Waals surface area contributed by atoms with Crippen LogP contribution < -0.4 is 5.32 Å². The molecule has 2 aromatic rings. The Morgan fingerprint density at radius 1 is 1.21 bits per heavy atom. The third-order valence-corrected chi connectivity index (χ3v) is 3.36. The number of aromatic nitrogens is 3. The van der Waals surface area contributed by atoms with E-state index in [1.807, 2.05) is 25.6 Å². The summed E-state index contributed by atoms with van der Waals surface area (Å²) >= 11 is 0. The SMILES string of the molecule is CCCn1nccc1C(CCc1ccncc1)NC. The van der Waals surface area contributed by atoms with Gasteiger partial charge >= 0.3 is 0 Å². The standard InChI is InChI=1S/C15H22N4/c1-3-12-19-15(8-11-18-19)14(16-2)5-4-13-6-9-17-10-7-13/h6-11,14,16H,3-5,12H2,1-2H3. The average molecular weight is 258 g/mol. The molecule has 19 heavy (non-hydrogen) atoms. The second-order valence-corrected chi connectivity index (χ2v) is 4.71. The quantitative estimate of drug-likeness (QED) is 0.830. The molecule has 4 heteroatoms. The van der Waals surface area contributed by atoms with Crippen molar-refractivity contribution in [3.8, 4) is 0 Å². The molecule has 0 saturated carbocycles. The van der Waals surface area contributed by atoms with Gasteiger partial charge in [0.1, 0.15) is 0 Å². The van der Waals surface area contributed by atoms with Crippen LogP contribution in [0.3, 0.4) is 0 Å². The zero-order valence-corrected chi connectivity index (χ0v) is 11.7. The van der Waals surface area contributed by atoms with Crippen LogP contribution in [0.1, 0.15) is 37.1 Å². The number of nitrogens with one attached hydrogen (secondary N) is 1. The molecule has 1 atom stereocenters. The molecule has 1 unspecified atom stereocenters. The maximum atomic E-state index is 4.40. The molecular formula is C15H22N4. The molecule has 0 fully saturated rings. The van der Waals surface area contributed by atoms with Crippen LogP contribution in [0.2, 0.25) is 0 Å². The molecular weight excluding hydrogens is 236 g/mol. The molecule has 0 radical (unpaired) electrons. The van der Waals surface area contributed by atoms with Crippen molar-refractivity contribution < 1.29 is 0 Å². The summed E-state index contributed by atoms with van der Waals surface area (Å²) in [6, 6.07) is 6.62. The van der Waals surface area contributed by atoms with Crippen LogP contribution >= 0.6 is 0 Å². The molecule has 0 aliphatic carbocycles. The van der Waals surface area contributed by atoms with Gasteiger partial charge in [-0.05, 0) is 50.1 Å². The third-order valence-electron chi connectivity index (χ3n) is 3.36. The van der Waals surface area contributed by atoms with Crippen molar-refractivity contribution in [3.05, 3.63) is 48.0 Å². The minimum atomic E-state index is 0.349. The second-order valence-electron chi connectivity index (χ2n) is 4.71. The van der Waals surface area contributed by atoms with Gasteiger partial charge in [0.2, 0.25) is 0 Å². The number of hydrogen-bond acceptors (Lipinski definition) is 3. The van der Waals surface area contributed by atoms with Crippen molar-refractivity contribution in [3.63, 3.8) is 0 Å². The Bertz CT molecular complexity index is 478. The maximum Gasteiger partial charge on any atom is 0.0553 e. The van der Waals surface area contributed by atoms with Gasteiger partial charge in [0.05, 0.1) is 5.69 Å². The summed E-state index contributed by atoms with van der Waals surface area (Å²) in [5.41, 5.74) is 2.61. The summed E-state index contributed by atoms with van der Waals surface area (Å²) in [6.07, 6.45) is 8.81. The number of hydrogen-bond donors (Lipinski definition) is 1. The van der Waals surface area contributed by atoms with E-state index < -0.39 is 0 Å². The Morgan fingerprint density at radius 2 is 2.00 bits per heavy atom. The zero-order valence-electron chi connectivity index (χ0n) is 11.7. The van der Waals surface area contributed by atoms with E-state index in [2.05, 4.69) is 45.2 Å². The fourth-order valence-corrected chi connectivity index (χ4v) is 2.34. The molecule has 2 aromatic heterocycles. The van der Waals surface area contributed by atoms with Crippen molar-refractivity contribution in [2.24, 2.45) is 0 Å². The first-order chi connectivity index (χ1) is 9.35. The van der Waals surface area contributed by atoms with E-state index in [1.165, 1.54) is 11.3 Å². The molecule has 0 bridgehead atoms. The van der Waals surface area contributed by atoms with E-state index in [-0.39, 0.29) is 0 Å². The van der Waals surface area contributed by atoms with Crippen molar-refractivity contribution in [2.75, 3.05) is 7.05 Å². The van der Waals surface area contributed by atoms with Crippen LogP contribution in [0.15, 0.2) is 36.8 Å². The second kappa shape index (κ2) is 7.04. The minimum absolute atomic E-state index is 0.349. The van der Waals surface area contributed by atoms with Gasteiger partial charge in [-0.3, -0.25) is 9.67 Å². The Kier molecular flexibility index (Phi) is 5.10. The Hall–Kier alpha value is -1.68. The fraction of sp³-hybridized carbons (Fsp3) is 0.467. The van der Waals surface area contributed by atoms with Crippen LogP contribution in [-0.4, -0.2) is 21.8 Å². The smallest absolute Gasteiger partial charge is 0.0553 e. The molecule has 4 nitrogen and oxygen atoms in total. The predicted octanol–water partition coefficient (Wildman–Crippen LogP) is 2.58. The molecule has 102 valence electrons. The topological polar surface area (TPSA) is 42.7 Å². The van der Waals surface area contributed by atoms with E-state index >= 15 is 0 Å². The highest BCUT2D eigenvalue weighted by Crippen LogP contribution is 2.18. The first kappa shape index (κ1) is 13.7. The van der Waals surface area contributed by atoms with E-state index in [9.17, 15) is 0 Å². The lowest BCUT2D eigenvalue weighted by Gasteiger charge is -2.18. The van der Waals surface area contributed by atoms with Crippen LogP contribution in [0.4, 0.5) is 0 Å².